The molecule has 0 spiro atoms. The number of hydrogen-bond donors (Lipinski definition) is 0. The van der Waals surface area contributed by atoms with Gasteiger partial charge in [-0.3, -0.25) is 0 Å². The molecule has 11 nitrogen and oxygen atoms in total. The average molecular weight is 587 g/mol. The lowest BCUT2D eigenvalue weighted by molar-refractivity contribution is -0.144. The molecule has 0 aliphatic carbocycles. The Bertz CT molecular complexity index is 1570. The third kappa shape index (κ3) is 9.02. The molecule has 3 aromatic rings. The molecule has 0 fully saturated rings. The van der Waals surface area contributed by atoms with Gasteiger partial charge in [0.15, 0.2) is 11.5 Å². The first kappa shape index (κ1) is 31.6. The molecule has 0 N–H and O–H groups in total. The smallest absolute Gasteiger partial charge is 0.343 e. The van der Waals surface area contributed by atoms with Gasteiger partial charge >= 0.3 is 29.8 Å². The lowest BCUT2D eigenvalue weighted by atomic mass is 10.1. The van der Waals surface area contributed by atoms with Crippen LogP contribution >= 0.6 is 0 Å². The molecule has 220 valence electrons. The second kappa shape index (κ2) is 15.1. The van der Waals surface area contributed by atoms with Crippen LogP contribution in [-0.4, -0.2) is 36.6 Å². The van der Waals surface area contributed by atoms with E-state index < -0.39 is 29.8 Å². The van der Waals surface area contributed by atoms with Crippen LogP contribution in [0.15, 0.2) is 98.6 Å². The van der Waals surface area contributed by atoms with Crippen molar-refractivity contribution >= 4 is 29.8 Å². The molecule has 0 bridgehead atoms. The van der Waals surface area contributed by atoms with Gasteiger partial charge in [0.25, 0.3) is 0 Å². The van der Waals surface area contributed by atoms with Gasteiger partial charge in [-0.25, -0.2) is 24.0 Å². The van der Waals surface area contributed by atoms with Crippen LogP contribution in [-0.2, 0) is 25.5 Å². The molecule has 43 heavy (non-hydrogen) atoms. The standard InChI is InChI=1S/C32H26O11/c1-5-20-17-24(40-31(36)21-9-12-23(13-10-21)38-19-39-28(33)6-2)14-16-25(20)43-32(37)22-11-15-26(41-29(34)7-3)27(18-22)42-30(35)8-4/h6-18H,2-5,19H2,1H3. The van der Waals surface area contributed by atoms with Crippen molar-refractivity contribution in [3.05, 3.63) is 115 Å². The monoisotopic (exact) mass is 586 g/mol. The quantitative estimate of drug-likeness (QED) is 0.116. The highest BCUT2D eigenvalue weighted by molar-refractivity contribution is 5.94. The number of benzene rings is 3. The fourth-order valence-corrected chi connectivity index (χ4v) is 3.32. The minimum atomic E-state index is -0.837. The highest BCUT2D eigenvalue weighted by Crippen LogP contribution is 2.31. The van der Waals surface area contributed by atoms with E-state index in [4.69, 9.17) is 28.4 Å². The molecule has 0 atom stereocenters. The Morgan fingerprint density at radius 1 is 0.605 bits per heavy atom. The van der Waals surface area contributed by atoms with E-state index in [9.17, 15) is 24.0 Å². The van der Waals surface area contributed by atoms with Crippen molar-refractivity contribution in [2.24, 2.45) is 0 Å². The molecule has 0 saturated heterocycles. The predicted octanol–water partition coefficient (Wildman–Crippen LogP) is 4.94. The third-order valence-corrected chi connectivity index (χ3v) is 5.44. The Hall–Kier alpha value is -5.97. The van der Waals surface area contributed by atoms with Gasteiger partial charge in [-0.1, -0.05) is 26.7 Å². The Morgan fingerprint density at radius 2 is 1.16 bits per heavy atom. The summed E-state index contributed by atoms with van der Waals surface area (Å²) in [6.07, 6.45) is 3.26. The molecular formula is C32H26O11. The van der Waals surface area contributed by atoms with Crippen molar-refractivity contribution in [1.29, 1.82) is 0 Å². The molecular weight excluding hydrogens is 560 g/mol. The first-order chi connectivity index (χ1) is 20.7. The number of carbonyl (C=O) groups is 5. The topological polar surface area (TPSA) is 141 Å². The Balaban J connectivity index is 1.70. The lowest BCUT2D eigenvalue weighted by Crippen LogP contribution is -2.13. The number of aryl methyl sites for hydroxylation is 1. The number of hydrogen-bond acceptors (Lipinski definition) is 11. The van der Waals surface area contributed by atoms with E-state index >= 15 is 0 Å². The van der Waals surface area contributed by atoms with Crippen molar-refractivity contribution in [3.63, 3.8) is 0 Å². The summed E-state index contributed by atoms with van der Waals surface area (Å²) in [5.74, 6) is -3.24. The first-order valence-electron chi connectivity index (χ1n) is 12.6. The lowest BCUT2D eigenvalue weighted by Gasteiger charge is -2.13. The van der Waals surface area contributed by atoms with Crippen LogP contribution in [0.4, 0.5) is 0 Å². The maximum absolute atomic E-state index is 12.9. The van der Waals surface area contributed by atoms with Gasteiger partial charge in [0.2, 0.25) is 6.79 Å². The summed E-state index contributed by atoms with van der Waals surface area (Å²) >= 11 is 0. The van der Waals surface area contributed by atoms with Gasteiger partial charge in [0.05, 0.1) is 11.1 Å². The summed E-state index contributed by atoms with van der Waals surface area (Å²) in [7, 11) is 0. The summed E-state index contributed by atoms with van der Waals surface area (Å²) in [4.78, 5) is 60.0. The average Bonchev–Trinajstić information content (AvgIpc) is 3.02. The zero-order chi connectivity index (χ0) is 31.4. The van der Waals surface area contributed by atoms with E-state index in [1.165, 1.54) is 54.6 Å². The van der Waals surface area contributed by atoms with Gasteiger partial charge < -0.3 is 28.4 Å². The summed E-state index contributed by atoms with van der Waals surface area (Å²) < 4.78 is 31.2. The number of carbonyl (C=O) groups excluding carboxylic acids is 5. The van der Waals surface area contributed by atoms with Crippen LogP contribution in [0.5, 0.6) is 28.7 Å². The van der Waals surface area contributed by atoms with Gasteiger partial charge in [0, 0.05) is 18.2 Å². The minimum absolute atomic E-state index is 0.00545. The van der Waals surface area contributed by atoms with Crippen LogP contribution in [0.2, 0.25) is 0 Å². The van der Waals surface area contributed by atoms with E-state index in [2.05, 4.69) is 19.7 Å². The van der Waals surface area contributed by atoms with Gasteiger partial charge in [0.1, 0.15) is 17.2 Å². The van der Waals surface area contributed by atoms with Crippen LogP contribution in [0, 0.1) is 0 Å². The Morgan fingerprint density at radius 3 is 1.79 bits per heavy atom. The fraction of sp³-hybridized carbons (Fsp3) is 0.0938. The summed E-state index contributed by atoms with van der Waals surface area (Å²) in [6.45, 7) is 11.4. The number of esters is 5. The van der Waals surface area contributed by atoms with Crippen LogP contribution in [0.3, 0.4) is 0 Å². The summed E-state index contributed by atoms with van der Waals surface area (Å²) in [5.41, 5.74) is 0.791. The van der Waals surface area contributed by atoms with Crippen LogP contribution < -0.4 is 23.7 Å². The van der Waals surface area contributed by atoms with Gasteiger partial charge in [-0.2, -0.15) is 0 Å². The third-order valence-electron chi connectivity index (χ3n) is 5.44. The predicted molar refractivity (Wildman–Crippen MR) is 152 cm³/mol. The normalized spacial score (nSPS) is 9.98. The molecule has 0 aliphatic rings. The highest BCUT2D eigenvalue weighted by atomic mass is 16.7. The molecule has 0 unspecified atom stereocenters. The van der Waals surface area contributed by atoms with E-state index in [1.54, 1.807) is 6.07 Å². The van der Waals surface area contributed by atoms with E-state index in [1.807, 2.05) is 6.92 Å². The molecule has 3 aromatic carbocycles. The van der Waals surface area contributed by atoms with E-state index in [0.717, 1.165) is 18.2 Å². The van der Waals surface area contributed by atoms with E-state index in [-0.39, 0.29) is 40.9 Å². The van der Waals surface area contributed by atoms with Crippen molar-refractivity contribution in [3.8, 4) is 28.7 Å². The van der Waals surface area contributed by atoms with Crippen molar-refractivity contribution in [1.82, 2.24) is 0 Å². The molecule has 11 heteroatoms. The summed E-state index contributed by atoms with van der Waals surface area (Å²) in [6, 6.07) is 14.2. The van der Waals surface area contributed by atoms with Crippen molar-refractivity contribution in [2.75, 3.05) is 6.79 Å². The molecule has 0 heterocycles. The SMILES string of the molecule is C=CC(=O)OCOc1ccc(C(=O)Oc2ccc(OC(=O)c3ccc(OC(=O)C=C)c(OC(=O)C=C)c3)c(CC)c2)cc1. The van der Waals surface area contributed by atoms with Crippen molar-refractivity contribution in [2.45, 2.75) is 13.3 Å². The molecule has 0 amide bonds. The Kier molecular flexibility index (Phi) is 11.1. The number of rotatable bonds is 13. The second-order valence-corrected chi connectivity index (χ2v) is 8.27. The Labute approximate surface area is 246 Å². The van der Waals surface area contributed by atoms with Crippen molar-refractivity contribution < 1.29 is 52.4 Å². The summed E-state index contributed by atoms with van der Waals surface area (Å²) in [5, 5.41) is 0. The first-order valence-corrected chi connectivity index (χ1v) is 12.6. The van der Waals surface area contributed by atoms with E-state index in [0.29, 0.717) is 17.7 Å². The molecule has 0 aliphatic heterocycles. The number of ether oxygens (including phenoxy) is 6. The minimum Gasteiger partial charge on any atom is -0.457 e. The second-order valence-electron chi connectivity index (χ2n) is 8.27. The van der Waals surface area contributed by atoms with Gasteiger partial charge in [-0.05, 0) is 72.6 Å². The highest BCUT2D eigenvalue weighted by Gasteiger charge is 2.19. The van der Waals surface area contributed by atoms with Crippen LogP contribution in [0.25, 0.3) is 0 Å². The van der Waals surface area contributed by atoms with Crippen LogP contribution in [0.1, 0.15) is 33.2 Å². The molecule has 0 saturated carbocycles. The maximum Gasteiger partial charge on any atom is 0.343 e. The fourth-order valence-electron chi connectivity index (χ4n) is 3.32. The maximum atomic E-state index is 12.9. The molecule has 0 radical (unpaired) electrons. The largest absolute Gasteiger partial charge is 0.457 e. The molecule has 3 rings (SSSR count). The van der Waals surface area contributed by atoms with Gasteiger partial charge in [-0.15, -0.1) is 0 Å². The zero-order valence-corrected chi connectivity index (χ0v) is 23.0. The zero-order valence-electron chi connectivity index (χ0n) is 23.0. The molecule has 0 aromatic heterocycles.